The summed E-state index contributed by atoms with van der Waals surface area (Å²) in [6, 6.07) is 7.96. The second-order valence-corrected chi connectivity index (χ2v) is 6.09. The normalized spacial score (nSPS) is 20.1. The number of hydrogen-bond donors (Lipinski definition) is 2. The van der Waals surface area contributed by atoms with Gasteiger partial charge in [0.15, 0.2) is 0 Å². The van der Waals surface area contributed by atoms with Crippen molar-refractivity contribution >= 4 is 11.6 Å². The molecule has 3 heteroatoms. The molecule has 1 heterocycles. The molecule has 1 aromatic carbocycles. The fourth-order valence-corrected chi connectivity index (χ4v) is 2.58. The van der Waals surface area contributed by atoms with Gasteiger partial charge in [-0.15, -0.1) is 0 Å². The Labute approximate surface area is 115 Å². The Morgan fingerprint density at radius 3 is 2.58 bits per heavy atom. The zero-order chi connectivity index (χ0) is 13.9. The number of anilines is 1. The molecule has 0 spiro atoms. The maximum absolute atomic E-state index is 12.5. The summed E-state index contributed by atoms with van der Waals surface area (Å²) in [5.41, 5.74) is 1.75. The third-order valence-corrected chi connectivity index (χ3v) is 4.21. The van der Waals surface area contributed by atoms with Crippen molar-refractivity contribution in [3.05, 3.63) is 29.8 Å². The quantitative estimate of drug-likeness (QED) is 0.877. The van der Waals surface area contributed by atoms with Gasteiger partial charge in [-0.05, 0) is 50.9 Å². The Morgan fingerprint density at radius 2 is 2.00 bits per heavy atom. The lowest BCUT2D eigenvalue weighted by Gasteiger charge is -2.36. The second-order valence-electron chi connectivity index (χ2n) is 6.09. The summed E-state index contributed by atoms with van der Waals surface area (Å²) in [7, 11) is 0. The van der Waals surface area contributed by atoms with Crippen molar-refractivity contribution in [1.29, 1.82) is 0 Å². The van der Waals surface area contributed by atoms with Crippen LogP contribution in [0.2, 0.25) is 0 Å². The third-order valence-electron chi connectivity index (χ3n) is 4.21. The summed E-state index contributed by atoms with van der Waals surface area (Å²) in [4.78, 5) is 12.5. The molecule has 104 valence electrons. The van der Waals surface area contributed by atoms with E-state index in [0.29, 0.717) is 5.92 Å². The summed E-state index contributed by atoms with van der Waals surface area (Å²) < 4.78 is 0. The van der Waals surface area contributed by atoms with Gasteiger partial charge >= 0.3 is 0 Å². The van der Waals surface area contributed by atoms with E-state index >= 15 is 0 Å². The van der Waals surface area contributed by atoms with E-state index < -0.39 is 0 Å². The highest BCUT2D eigenvalue weighted by Crippen LogP contribution is 2.33. The zero-order valence-electron chi connectivity index (χ0n) is 12.1. The van der Waals surface area contributed by atoms with E-state index in [9.17, 15) is 4.79 Å². The molecule has 1 saturated heterocycles. The van der Waals surface area contributed by atoms with Gasteiger partial charge in [-0.25, -0.2) is 0 Å². The number of aryl methyl sites for hydroxylation is 1. The Bertz CT molecular complexity index is 431. The smallest absolute Gasteiger partial charge is 0.230 e. The lowest BCUT2D eigenvalue weighted by atomic mass is 9.74. The van der Waals surface area contributed by atoms with E-state index in [1.54, 1.807) is 0 Å². The van der Waals surface area contributed by atoms with E-state index in [-0.39, 0.29) is 11.3 Å². The molecule has 2 N–H and O–H groups in total. The van der Waals surface area contributed by atoms with E-state index in [0.717, 1.165) is 31.6 Å². The maximum atomic E-state index is 12.5. The third kappa shape index (κ3) is 3.35. The second kappa shape index (κ2) is 5.74. The summed E-state index contributed by atoms with van der Waals surface area (Å²) in [5, 5.41) is 6.43. The summed E-state index contributed by atoms with van der Waals surface area (Å²) >= 11 is 0. The molecule has 0 saturated carbocycles. The van der Waals surface area contributed by atoms with Crippen LogP contribution < -0.4 is 10.6 Å². The van der Waals surface area contributed by atoms with Crippen LogP contribution in [0.1, 0.15) is 32.3 Å². The molecule has 1 aromatic rings. The van der Waals surface area contributed by atoms with Crippen molar-refractivity contribution < 1.29 is 4.79 Å². The molecule has 0 bridgehead atoms. The molecule has 0 aromatic heterocycles. The Kier molecular flexibility index (Phi) is 4.25. The van der Waals surface area contributed by atoms with E-state index in [2.05, 4.69) is 10.6 Å². The van der Waals surface area contributed by atoms with Crippen LogP contribution in [-0.2, 0) is 4.79 Å². The lowest BCUT2D eigenvalue weighted by molar-refractivity contribution is -0.127. The first-order valence-electron chi connectivity index (χ1n) is 7.09. The van der Waals surface area contributed by atoms with Crippen molar-refractivity contribution in [3.8, 4) is 0 Å². The predicted molar refractivity (Wildman–Crippen MR) is 79.2 cm³/mol. The monoisotopic (exact) mass is 260 g/mol. The van der Waals surface area contributed by atoms with E-state index in [1.807, 2.05) is 45.0 Å². The van der Waals surface area contributed by atoms with E-state index in [1.165, 1.54) is 5.56 Å². The van der Waals surface area contributed by atoms with Crippen molar-refractivity contribution in [2.24, 2.45) is 11.3 Å². The standard InChI is InChI=1S/C16H24N2O/c1-12-6-8-14(9-7-12)18-15(19)16(2,3)13-5-4-10-17-11-13/h6-9,13,17H,4-5,10-11H2,1-3H3,(H,18,19). The van der Waals surface area contributed by atoms with Gasteiger partial charge in [0.25, 0.3) is 0 Å². The molecule has 2 rings (SSSR count). The zero-order valence-corrected chi connectivity index (χ0v) is 12.1. The summed E-state index contributed by atoms with van der Waals surface area (Å²) in [5.74, 6) is 0.525. The predicted octanol–water partition coefficient (Wildman–Crippen LogP) is 2.96. The van der Waals surface area contributed by atoms with Gasteiger partial charge in [0.1, 0.15) is 0 Å². The van der Waals surface area contributed by atoms with Crippen molar-refractivity contribution in [2.75, 3.05) is 18.4 Å². The van der Waals surface area contributed by atoms with Gasteiger partial charge in [-0.2, -0.15) is 0 Å². The minimum Gasteiger partial charge on any atom is -0.326 e. The number of hydrogen-bond acceptors (Lipinski definition) is 2. The number of carbonyl (C=O) groups excluding carboxylic acids is 1. The molecule has 1 amide bonds. The molecule has 1 aliphatic heterocycles. The number of rotatable bonds is 3. The van der Waals surface area contributed by atoms with Crippen LogP contribution in [0.15, 0.2) is 24.3 Å². The Morgan fingerprint density at radius 1 is 1.32 bits per heavy atom. The molecule has 1 atom stereocenters. The van der Waals surface area contributed by atoms with Gasteiger partial charge in [-0.1, -0.05) is 31.5 Å². The number of carbonyl (C=O) groups is 1. The van der Waals surface area contributed by atoms with Crippen molar-refractivity contribution in [2.45, 2.75) is 33.6 Å². The van der Waals surface area contributed by atoms with Crippen LogP contribution in [0.5, 0.6) is 0 Å². The molecule has 0 aliphatic carbocycles. The number of nitrogens with one attached hydrogen (secondary N) is 2. The van der Waals surface area contributed by atoms with Crippen LogP contribution >= 0.6 is 0 Å². The van der Waals surface area contributed by atoms with Gasteiger partial charge in [0.05, 0.1) is 0 Å². The van der Waals surface area contributed by atoms with Crippen molar-refractivity contribution in [3.63, 3.8) is 0 Å². The molecule has 19 heavy (non-hydrogen) atoms. The summed E-state index contributed by atoms with van der Waals surface area (Å²) in [6.07, 6.45) is 2.28. The highest BCUT2D eigenvalue weighted by molar-refractivity contribution is 5.95. The van der Waals surface area contributed by atoms with Gasteiger partial charge in [0.2, 0.25) is 5.91 Å². The fraction of sp³-hybridized carbons (Fsp3) is 0.562. The van der Waals surface area contributed by atoms with Gasteiger partial charge in [0, 0.05) is 11.1 Å². The van der Waals surface area contributed by atoms with Crippen LogP contribution in [0.4, 0.5) is 5.69 Å². The average molecular weight is 260 g/mol. The van der Waals surface area contributed by atoms with Crippen LogP contribution in [-0.4, -0.2) is 19.0 Å². The highest BCUT2D eigenvalue weighted by atomic mass is 16.2. The Hall–Kier alpha value is -1.35. The van der Waals surface area contributed by atoms with Crippen molar-refractivity contribution in [1.82, 2.24) is 5.32 Å². The number of amides is 1. The fourth-order valence-electron chi connectivity index (χ4n) is 2.58. The first kappa shape index (κ1) is 14.1. The van der Waals surface area contributed by atoms with E-state index in [4.69, 9.17) is 0 Å². The minimum atomic E-state index is -0.335. The molecule has 3 nitrogen and oxygen atoms in total. The summed E-state index contributed by atoms with van der Waals surface area (Å²) in [6.45, 7) is 8.16. The topological polar surface area (TPSA) is 41.1 Å². The van der Waals surface area contributed by atoms with Crippen LogP contribution in [0.25, 0.3) is 0 Å². The highest BCUT2D eigenvalue weighted by Gasteiger charge is 2.37. The van der Waals surface area contributed by atoms with Crippen LogP contribution in [0.3, 0.4) is 0 Å². The maximum Gasteiger partial charge on any atom is 0.230 e. The van der Waals surface area contributed by atoms with Gasteiger partial charge in [-0.3, -0.25) is 4.79 Å². The number of benzene rings is 1. The number of piperidine rings is 1. The average Bonchev–Trinajstić information content (AvgIpc) is 2.42. The Balaban J connectivity index is 2.03. The lowest BCUT2D eigenvalue weighted by Crippen LogP contribution is -2.44. The van der Waals surface area contributed by atoms with Gasteiger partial charge < -0.3 is 10.6 Å². The van der Waals surface area contributed by atoms with Crippen LogP contribution in [0, 0.1) is 18.3 Å². The largest absolute Gasteiger partial charge is 0.326 e. The molecule has 0 radical (unpaired) electrons. The minimum absolute atomic E-state index is 0.116. The SMILES string of the molecule is Cc1ccc(NC(=O)C(C)(C)C2CCCNC2)cc1. The first-order valence-corrected chi connectivity index (χ1v) is 7.09. The first-order chi connectivity index (χ1) is 9.00. The molecule has 1 aliphatic rings. The molecular formula is C16H24N2O. The molecular weight excluding hydrogens is 236 g/mol. The molecule has 1 unspecified atom stereocenters. The molecule has 1 fully saturated rings.